The van der Waals surface area contributed by atoms with Gasteiger partial charge in [0.05, 0.1) is 6.61 Å². The topological polar surface area (TPSA) is 21.3 Å². The highest BCUT2D eigenvalue weighted by Gasteiger charge is 2.44. The summed E-state index contributed by atoms with van der Waals surface area (Å²) in [6, 6.07) is 5.04. The normalized spacial score (nSPS) is 35.1. The minimum Gasteiger partial charge on any atom is -0.494 e. The fourth-order valence-corrected chi connectivity index (χ4v) is 5.12. The van der Waals surface area contributed by atoms with E-state index in [0.29, 0.717) is 35.6 Å². The summed E-state index contributed by atoms with van der Waals surface area (Å²) >= 11 is 0. The highest BCUT2D eigenvalue weighted by atomic mass is 16.5. The van der Waals surface area contributed by atoms with E-state index in [1.165, 1.54) is 11.1 Å². The zero-order valence-electron chi connectivity index (χ0n) is 16.1. The van der Waals surface area contributed by atoms with Crippen molar-refractivity contribution in [3.63, 3.8) is 0 Å². The van der Waals surface area contributed by atoms with Gasteiger partial charge in [0.25, 0.3) is 0 Å². The smallest absolute Gasteiger partial charge is 0.122 e. The largest absolute Gasteiger partial charge is 0.494 e. The lowest BCUT2D eigenvalue weighted by atomic mass is 9.62. The van der Waals surface area contributed by atoms with Crippen LogP contribution in [0, 0.1) is 30.6 Å². The average molecular weight is 328 g/mol. The number of hydrogen-bond acceptors (Lipinski definition) is 2. The molecule has 0 heterocycles. The summed E-state index contributed by atoms with van der Waals surface area (Å²) in [7, 11) is 2.13. The van der Waals surface area contributed by atoms with Crippen molar-refractivity contribution in [2.45, 2.75) is 53.0 Å². The van der Waals surface area contributed by atoms with Crippen molar-refractivity contribution in [3.05, 3.63) is 41.0 Å². The predicted octanol–water partition coefficient (Wildman–Crippen LogP) is 4.72. The van der Waals surface area contributed by atoms with E-state index in [4.69, 9.17) is 4.74 Å². The van der Waals surface area contributed by atoms with Crippen molar-refractivity contribution in [1.29, 1.82) is 0 Å². The van der Waals surface area contributed by atoms with Crippen LogP contribution in [0.25, 0.3) is 0 Å². The molecule has 2 aliphatic carbocycles. The van der Waals surface area contributed by atoms with Gasteiger partial charge < -0.3 is 10.1 Å². The molecular weight excluding hydrogens is 294 g/mol. The Morgan fingerprint density at radius 3 is 2.50 bits per heavy atom. The first kappa shape index (κ1) is 17.5. The van der Waals surface area contributed by atoms with E-state index >= 15 is 0 Å². The van der Waals surface area contributed by atoms with Crippen LogP contribution < -0.4 is 10.1 Å². The Morgan fingerprint density at radius 1 is 1.12 bits per heavy atom. The number of ether oxygens (including phenoxy) is 1. The number of fused-ring (bicyclic) bond motifs is 3. The number of hydrogen-bond donors (Lipinski definition) is 1. The standard InChI is InChI=1S/C22H33NO/c1-7-24-19-11-10-17-12-18(23-6)20-14(3)9-8-13(2)15(4)22(20)21(17)16(19)5/h8-11,13-15,18,20,22-23H,7,12H2,1-6H3/t13-,14-,15-,18+,20?,22?/m0/s1. The summed E-state index contributed by atoms with van der Waals surface area (Å²) in [5.41, 5.74) is 4.46. The van der Waals surface area contributed by atoms with Gasteiger partial charge in [-0.2, -0.15) is 0 Å². The molecule has 0 aromatic heterocycles. The Kier molecular flexibility index (Phi) is 5.05. The molecule has 1 aromatic carbocycles. The molecule has 6 atom stereocenters. The maximum atomic E-state index is 5.92. The number of allylic oxidation sites excluding steroid dienone is 2. The van der Waals surface area contributed by atoms with E-state index < -0.39 is 0 Å². The van der Waals surface area contributed by atoms with Crippen LogP contribution in [0.4, 0.5) is 0 Å². The third kappa shape index (κ3) is 2.79. The van der Waals surface area contributed by atoms with E-state index in [1.54, 1.807) is 5.56 Å². The zero-order chi connectivity index (χ0) is 17.4. The Labute approximate surface area is 147 Å². The lowest BCUT2D eigenvalue weighted by Crippen LogP contribution is -2.46. The Balaban J connectivity index is 2.17. The monoisotopic (exact) mass is 327 g/mol. The van der Waals surface area contributed by atoms with Gasteiger partial charge in [-0.25, -0.2) is 0 Å². The number of benzene rings is 1. The molecule has 0 fully saturated rings. The first-order valence-corrected chi connectivity index (χ1v) is 9.60. The molecule has 1 aromatic rings. The van der Waals surface area contributed by atoms with Crippen LogP contribution in [-0.2, 0) is 6.42 Å². The fourth-order valence-electron chi connectivity index (χ4n) is 5.12. The zero-order valence-corrected chi connectivity index (χ0v) is 16.1. The second kappa shape index (κ2) is 6.92. The summed E-state index contributed by atoms with van der Waals surface area (Å²) in [4.78, 5) is 0. The van der Waals surface area contributed by atoms with Crippen molar-refractivity contribution in [1.82, 2.24) is 5.32 Å². The molecule has 2 heteroatoms. The highest BCUT2D eigenvalue weighted by molar-refractivity contribution is 5.49. The minimum atomic E-state index is 0.548. The second-order valence-electron chi connectivity index (χ2n) is 7.86. The van der Waals surface area contributed by atoms with Gasteiger partial charge in [0.1, 0.15) is 5.75 Å². The van der Waals surface area contributed by atoms with Crippen LogP contribution >= 0.6 is 0 Å². The van der Waals surface area contributed by atoms with Crippen LogP contribution in [0.5, 0.6) is 5.75 Å². The molecule has 0 saturated carbocycles. The van der Waals surface area contributed by atoms with Crippen LogP contribution in [-0.4, -0.2) is 19.7 Å². The number of rotatable bonds is 3. The Hall–Kier alpha value is -1.28. The highest BCUT2D eigenvalue weighted by Crippen LogP contribution is 2.51. The summed E-state index contributed by atoms with van der Waals surface area (Å²) in [6.45, 7) is 12.3. The average Bonchev–Trinajstić information content (AvgIpc) is 2.69. The first-order valence-electron chi connectivity index (χ1n) is 9.60. The molecule has 2 aliphatic rings. The van der Waals surface area contributed by atoms with Crippen molar-refractivity contribution in [3.8, 4) is 5.75 Å². The first-order chi connectivity index (χ1) is 11.5. The van der Waals surface area contributed by atoms with E-state index in [2.05, 4.69) is 71.3 Å². The molecule has 1 N–H and O–H groups in total. The Morgan fingerprint density at radius 2 is 1.83 bits per heavy atom. The summed E-state index contributed by atoms with van der Waals surface area (Å²) in [6.07, 6.45) is 6.03. The Bertz CT molecular complexity index is 621. The van der Waals surface area contributed by atoms with E-state index in [1.807, 2.05) is 0 Å². The van der Waals surface area contributed by atoms with Gasteiger partial charge in [0, 0.05) is 6.04 Å². The van der Waals surface area contributed by atoms with Crippen molar-refractivity contribution in [2.24, 2.45) is 23.7 Å². The minimum absolute atomic E-state index is 0.548. The predicted molar refractivity (Wildman–Crippen MR) is 102 cm³/mol. The van der Waals surface area contributed by atoms with Crippen molar-refractivity contribution < 1.29 is 4.74 Å². The molecule has 3 rings (SSSR count). The van der Waals surface area contributed by atoms with Gasteiger partial charge in [-0.1, -0.05) is 39.0 Å². The quantitative estimate of drug-likeness (QED) is 0.811. The van der Waals surface area contributed by atoms with Gasteiger partial charge in [-0.05, 0) is 79.7 Å². The molecule has 2 nitrogen and oxygen atoms in total. The van der Waals surface area contributed by atoms with Crippen LogP contribution in [0.2, 0.25) is 0 Å². The molecule has 2 unspecified atom stereocenters. The SMILES string of the molecule is CCOc1ccc2c(c1C)C1C([C@@H](C)C=C[C@H](C)[C@@H]1C)[C@H](NC)C2. The number of nitrogens with one attached hydrogen (secondary N) is 1. The molecule has 132 valence electrons. The van der Waals surface area contributed by atoms with E-state index in [0.717, 1.165) is 18.8 Å². The molecular formula is C22H33NO. The molecule has 0 saturated heterocycles. The lowest BCUT2D eigenvalue weighted by Gasteiger charge is -2.45. The third-order valence-corrected chi connectivity index (χ3v) is 6.60. The van der Waals surface area contributed by atoms with Crippen molar-refractivity contribution in [2.75, 3.05) is 13.7 Å². The summed E-state index contributed by atoms with van der Waals surface area (Å²) in [5.74, 6) is 4.16. The van der Waals surface area contributed by atoms with Crippen LogP contribution in [0.3, 0.4) is 0 Å². The van der Waals surface area contributed by atoms with Gasteiger partial charge in [0.2, 0.25) is 0 Å². The van der Waals surface area contributed by atoms with E-state index in [9.17, 15) is 0 Å². The van der Waals surface area contributed by atoms with E-state index in [-0.39, 0.29) is 0 Å². The molecule has 0 radical (unpaired) electrons. The second-order valence-corrected chi connectivity index (χ2v) is 7.86. The molecule has 0 spiro atoms. The summed E-state index contributed by atoms with van der Waals surface area (Å²) in [5, 5.41) is 3.63. The van der Waals surface area contributed by atoms with Crippen LogP contribution in [0.1, 0.15) is 50.3 Å². The fraction of sp³-hybridized carbons (Fsp3) is 0.636. The molecule has 0 bridgehead atoms. The maximum absolute atomic E-state index is 5.92. The maximum Gasteiger partial charge on any atom is 0.122 e. The van der Waals surface area contributed by atoms with Gasteiger partial charge >= 0.3 is 0 Å². The molecule has 0 aliphatic heterocycles. The molecule has 24 heavy (non-hydrogen) atoms. The lowest BCUT2D eigenvalue weighted by molar-refractivity contribution is 0.186. The van der Waals surface area contributed by atoms with Gasteiger partial charge in [0.15, 0.2) is 0 Å². The third-order valence-electron chi connectivity index (χ3n) is 6.60. The number of likely N-dealkylation sites (N-methyl/N-ethyl adjacent to an activating group) is 1. The van der Waals surface area contributed by atoms with Gasteiger partial charge in [-0.15, -0.1) is 0 Å². The van der Waals surface area contributed by atoms with Crippen LogP contribution in [0.15, 0.2) is 24.3 Å². The summed E-state index contributed by atoms with van der Waals surface area (Å²) < 4.78 is 5.92. The molecule has 0 amide bonds. The van der Waals surface area contributed by atoms with Crippen molar-refractivity contribution >= 4 is 0 Å². The van der Waals surface area contributed by atoms with Gasteiger partial charge in [-0.3, -0.25) is 0 Å².